The minimum Gasteiger partial charge on any atom is -0.462 e. The zero-order chi connectivity index (χ0) is 24.2. The number of esters is 1. The predicted octanol–water partition coefficient (Wildman–Crippen LogP) is 6.63. The van der Waals surface area contributed by atoms with Crippen molar-refractivity contribution in [1.82, 2.24) is 9.78 Å². The molecule has 1 aliphatic carbocycles. The van der Waals surface area contributed by atoms with E-state index in [2.05, 4.69) is 50.7 Å². The van der Waals surface area contributed by atoms with Gasteiger partial charge in [0.25, 0.3) is 0 Å². The Balaban J connectivity index is 1.50. The first kappa shape index (κ1) is 24.9. The van der Waals surface area contributed by atoms with Crippen molar-refractivity contribution in [1.29, 1.82) is 0 Å². The number of aryl methyl sites for hydroxylation is 2. The lowest BCUT2D eigenvalue weighted by atomic mass is 10.1. The fourth-order valence-electron chi connectivity index (χ4n) is 4.26. The second kappa shape index (κ2) is 11.0. The van der Waals surface area contributed by atoms with E-state index in [9.17, 15) is 4.79 Å². The number of carbonyl (C=O) groups excluding carboxylic acids is 1. The van der Waals surface area contributed by atoms with Crippen LogP contribution in [0.3, 0.4) is 0 Å². The first-order valence-electron chi connectivity index (χ1n) is 11.6. The van der Waals surface area contributed by atoms with Gasteiger partial charge in [0.1, 0.15) is 5.00 Å². The van der Waals surface area contributed by atoms with Gasteiger partial charge >= 0.3 is 5.97 Å². The molecule has 0 radical (unpaired) electrons. The molecule has 0 atom stereocenters. The SMILES string of the molecule is CCOC(=O)c1c(NC(=S)Nc2cccc(Cn3nc(C)c(Br)c3C)c2)sc2c1CCCCC2. The molecule has 2 aromatic heterocycles. The Morgan fingerprint density at radius 2 is 2.03 bits per heavy atom. The number of aromatic nitrogens is 2. The van der Waals surface area contributed by atoms with Crippen LogP contribution in [0, 0.1) is 13.8 Å². The van der Waals surface area contributed by atoms with Crippen LogP contribution in [0.2, 0.25) is 0 Å². The van der Waals surface area contributed by atoms with Crippen molar-refractivity contribution >= 4 is 61.3 Å². The number of benzene rings is 1. The van der Waals surface area contributed by atoms with Crippen LogP contribution in [0.25, 0.3) is 0 Å². The molecular weight excluding hydrogens is 532 g/mol. The van der Waals surface area contributed by atoms with Gasteiger partial charge < -0.3 is 15.4 Å². The lowest BCUT2D eigenvalue weighted by Gasteiger charge is -2.13. The molecule has 0 unspecified atom stereocenters. The highest BCUT2D eigenvalue weighted by Crippen LogP contribution is 2.38. The zero-order valence-corrected chi connectivity index (χ0v) is 22.9. The van der Waals surface area contributed by atoms with Gasteiger partial charge in [-0.15, -0.1) is 11.3 Å². The number of thiocarbonyl (C=S) groups is 1. The lowest BCUT2D eigenvalue weighted by molar-refractivity contribution is 0.0527. The number of carbonyl (C=O) groups is 1. The third kappa shape index (κ3) is 5.53. The van der Waals surface area contributed by atoms with E-state index >= 15 is 0 Å². The third-order valence-electron chi connectivity index (χ3n) is 5.94. The summed E-state index contributed by atoms with van der Waals surface area (Å²) in [4.78, 5) is 14.1. The van der Waals surface area contributed by atoms with Crippen LogP contribution in [-0.4, -0.2) is 27.5 Å². The minimum absolute atomic E-state index is 0.273. The second-order valence-electron chi connectivity index (χ2n) is 8.41. The van der Waals surface area contributed by atoms with Crippen molar-refractivity contribution in [3.05, 3.63) is 61.7 Å². The van der Waals surface area contributed by atoms with Gasteiger partial charge in [-0.2, -0.15) is 5.10 Å². The van der Waals surface area contributed by atoms with Gasteiger partial charge in [0, 0.05) is 10.6 Å². The second-order valence-corrected chi connectivity index (χ2v) is 10.7. The summed E-state index contributed by atoms with van der Waals surface area (Å²) in [5, 5.41) is 12.4. The maximum absolute atomic E-state index is 12.8. The Bertz CT molecular complexity index is 1220. The normalized spacial score (nSPS) is 13.2. The van der Waals surface area contributed by atoms with E-state index in [1.165, 1.54) is 11.3 Å². The number of nitrogens with one attached hydrogen (secondary N) is 2. The number of rotatable bonds is 6. The number of nitrogens with zero attached hydrogens (tertiary/aromatic N) is 2. The number of hydrogen-bond donors (Lipinski definition) is 2. The number of ether oxygens (including phenoxy) is 1. The van der Waals surface area contributed by atoms with Crippen LogP contribution in [0.15, 0.2) is 28.7 Å². The molecule has 1 aromatic carbocycles. The summed E-state index contributed by atoms with van der Waals surface area (Å²) in [5.74, 6) is -0.273. The van der Waals surface area contributed by atoms with E-state index in [4.69, 9.17) is 17.0 Å². The Morgan fingerprint density at radius 1 is 1.24 bits per heavy atom. The Morgan fingerprint density at radius 3 is 2.76 bits per heavy atom. The topological polar surface area (TPSA) is 68.2 Å². The quantitative estimate of drug-likeness (QED) is 0.200. The summed E-state index contributed by atoms with van der Waals surface area (Å²) in [6.45, 7) is 6.89. The highest BCUT2D eigenvalue weighted by Gasteiger charge is 2.26. The zero-order valence-electron chi connectivity index (χ0n) is 19.7. The van der Waals surface area contributed by atoms with E-state index in [1.807, 2.05) is 30.7 Å². The van der Waals surface area contributed by atoms with E-state index in [0.717, 1.165) is 63.4 Å². The fraction of sp³-hybridized carbons (Fsp3) is 0.400. The molecule has 0 amide bonds. The maximum atomic E-state index is 12.8. The molecule has 0 aliphatic heterocycles. The van der Waals surface area contributed by atoms with Crippen LogP contribution >= 0.6 is 39.5 Å². The summed E-state index contributed by atoms with van der Waals surface area (Å²) < 4.78 is 8.40. The number of halogens is 1. The van der Waals surface area contributed by atoms with Crippen molar-refractivity contribution in [2.75, 3.05) is 17.2 Å². The Labute approximate surface area is 218 Å². The molecule has 4 rings (SSSR count). The summed E-state index contributed by atoms with van der Waals surface area (Å²) in [7, 11) is 0. The predicted molar refractivity (Wildman–Crippen MR) is 146 cm³/mol. The molecule has 1 aliphatic rings. The number of hydrogen-bond acceptors (Lipinski definition) is 5. The molecular formula is C25H29BrN4O2S2. The number of thiophene rings is 1. The van der Waals surface area contributed by atoms with E-state index < -0.39 is 0 Å². The van der Waals surface area contributed by atoms with Crippen molar-refractivity contribution in [3.8, 4) is 0 Å². The molecule has 34 heavy (non-hydrogen) atoms. The first-order chi connectivity index (χ1) is 16.4. The summed E-state index contributed by atoms with van der Waals surface area (Å²) in [5.41, 5.74) is 5.84. The smallest absolute Gasteiger partial charge is 0.341 e. The number of anilines is 2. The average molecular weight is 562 g/mol. The molecule has 180 valence electrons. The molecule has 0 fully saturated rings. The van der Waals surface area contributed by atoms with Gasteiger partial charge in [0.05, 0.1) is 34.6 Å². The molecule has 9 heteroatoms. The summed E-state index contributed by atoms with van der Waals surface area (Å²) in [6.07, 6.45) is 5.34. The average Bonchev–Trinajstić information content (AvgIpc) is 3.13. The van der Waals surface area contributed by atoms with Crippen LogP contribution in [0.4, 0.5) is 10.7 Å². The summed E-state index contributed by atoms with van der Waals surface area (Å²) in [6, 6.07) is 8.11. The minimum atomic E-state index is -0.273. The van der Waals surface area contributed by atoms with Gasteiger partial charge in [-0.1, -0.05) is 18.6 Å². The molecule has 3 aromatic rings. The molecule has 0 saturated carbocycles. The standard InChI is InChI=1S/C25H29BrN4O2S2/c1-4-32-24(31)21-19-11-6-5-7-12-20(19)34-23(21)28-25(33)27-18-10-8-9-17(13-18)14-30-16(3)22(26)15(2)29-30/h8-10,13H,4-7,11-12,14H2,1-3H3,(H2,27,28,33). The molecule has 2 N–H and O–H groups in total. The summed E-state index contributed by atoms with van der Waals surface area (Å²) >= 11 is 10.8. The van der Waals surface area contributed by atoms with Gasteiger partial charge in [-0.25, -0.2) is 4.79 Å². The highest BCUT2D eigenvalue weighted by molar-refractivity contribution is 9.10. The van der Waals surface area contributed by atoms with Crippen molar-refractivity contribution in [2.24, 2.45) is 0 Å². The molecule has 0 bridgehead atoms. The fourth-order valence-corrected chi connectivity index (χ4v) is 6.12. The number of fused-ring (bicyclic) bond motifs is 1. The molecule has 2 heterocycles. The first-order valence-corrected chi connectivity index (χ1v) is 13.6. The van der Waals surface area contributed by atoms with E-state index in [-0.39, 0.29) is 5.97 Å². The molecule has 0 spiro atoms. The van der Waals surface area contributed by atoms with Crippen LogP contribution in [0.5, 0.6) is 0 Å². The van der Waals surface area contributed by atoms with Gasteiger partial charge in [-0.05, 0) is 97.9 Å². The lowest BCUT2D eigenvalue weighted by Crippen LogP contribution is -2.20. The monoisotopic (exact) mass is 560 g/mol. The third-order valence-corrected chi connectivity index (χ3v) is 8.50. The molecule has 6 nitrogen and oxygen atoms in total. The van der Waals surface area contributed by atoms with Crippen molar-refractivity contribution < 1.29 is 9.53 Å². The highest BCUT2D eigenvalue weighted by atomic mass is 79.9. The Kier molecular flexibility index (Phi) is 8.06. The van der Waals surface area contributed by atoms with Crippen LogP contribution in [0.1, 0.15) is 63.9 Å². The van der Waals surface area contributed by atoms with Gasteiger partial charge in [-0.3, -0.25) is 4.68 Å². The van der Waals surface area contributed by atoms with Crippen LogP contribution in [-0.2, 0) is 24.1 Å². The van der Waals surface area contributed by atoms with Crippen LogP contribution < -0.4 is 10.6 Å². The van der Waals surface area contributed by atoms with E-state index in [0.29, 0.717) is 23.8 Å². The van der Waals surface area contributed by atoms with E-state index in [1.54, 1.807) is 11.3 Å². The Hall–Kier alpha value is -2.23. The van der Waals surface area contributed by atoms with Crippen molar-refractivity contribution in [3.63, 3.8) is 0 Å². The maximum Gasteiger partial charge on any atom is 0.341 e. The van der Waals surface area contributed by atoms with Gasteiger partial charge in [0.15, 0.2) is 5.11 Å². The van der Waals surface area contributed by atoms with Gasteiger partial charge in [0.2, 0.25) is 0 Å². The van der Waals surface area contributed by atoms with Crippen molar-refractivity contribution in [2.45, 2.75) is 59.4 Å². The molecule has 0 saturated heterocycles. The largest absolute Gasteiger partial charge is 0.462 e.